The molecular formula is C13H28N2. The van der Waals surface area contributed by atoms with Crippen molar-refractivity contribution in [1.82, 2.24) is 9.80 Å². The van der Waals surface area contributed by atoms with E-state index in [2.05, 4.69) is 44.4 Å². The molecule has 0 spiro atoms. The fourth-order valence-electron chi connectivity index (χ4n) is 2.34. The zero-order chi connectivity index (χ0) is 11.5. The van der Waals surface area contributed by atoms with Crippen LogP contribution < -0.4 is 0 Å². The summed E-state index contributed by atoms with van der Waals surface area (Å²) in [5.41, 5.74) is 0.341. The monoisotopic (exact) mass is 212 g/mol. The van der Waals surface area contributed by atoms with Crippen molar-refractivity contribution in [3.05, 3.63) is 0 Å². The van der Waals surface area contributed by atoms with Crippen molar-refractivity contribution in [2.75, 3.05) is 32.7 Å². The third-order valence-corrected chi connectivity index (χ3v) is 3.16. The zero-order valence-electron chi connectivity index (χ0n) is 11.2. The minimum absolute atomic E-state index is 0.341. The molecule has 0 aromatic carbocycles. The predicted octanol–water partition coefficient (Wildman–Crippen LogP) is 2.45. The van der Waals surface area contributed by atoms with Gasteiger partial charge < -0.3 is 4.90 Å². The predicted molar refractivity (Wildman–Crippen MR) is 67.2 cm³/mol. The molecule has 0 aliphatic carbocycles. The van der Waals surface area contributed by atoms with Gasteiger partial charge in [0.05, 0.1) is 0 Å². The van der Waals surface area contributed by atoms with Crippen molar-refractivity contribution in [2.24, 2.45) is 5.92 Å². The molecule has 0 aromatic rings. The quantitative estimate of drug-likeness (QED) is 0.694. The summed E-state index contributed by atoms with van der Waals surface area (Å²) in [6.07, 6.45) is 1.32. The maximum Gasteiger partial charge on any atom is 0.0125 e. The molecule has 1 saturated heterocycles. The maximum atomic E-state index is 2.62. The van der Waals surface area contributed by atoms with Crippen LogP contribution in [0.1, 0.15) is 41.0 Å². The van der Waals surface area contributed by atoms with Crippen LogP contribution in [0.2, 0.25) is 0 Å². The van der Waals surface area contributed by atoms with Gasteiger partial charge in [-0.2, -0.15) is 0 Å². The molecule has 0 radical (unpaired) electrons. The second-order valence-electron chi connectivity index (χ2n) is 6.21. The zero-order valence-corrected chi connectivity index (χ0v) is 11.2. The average Bonchev–Trinajstić information content (AvgIpc) is 2.27. The minimum atomic E-state index is 0.341. The number of nitrogens with zero attached hydrogens (tertiary/aromatic N) is 2. The number of hydrogen-bond donors (Lipinski definition) is 0. The summed E-state index contributed by atoms with van der Waals surface area (Å²) < 4.78 is 0. The third kappa shape index (κ3) is 4.52. The molecule has 0 atom stereocenters. The van der Waals surface area contributed by atoms with Crippen molar-refractivity contribution < 1.29 is 0 Å². The first-order valence-corrected chi connectivity index (χ1v) is 6.37. The van der Waals surface area contributed by atoms with Crippen molar-refractivity contribution in [2.45, 2.75) is 46.6 Å². The van der Waals surface area contributed by atoms with Gasteiger partial charge in [0.2, 0.25) is 0 Å². The Labute approximate surface area is 95.6 Å². The normalized spacial score (nSPS) is 22.0. The number of rotatable bonds is 2. The minimum Gasteiger partial charge on any atom is -0.302 e. The van der Waals surface area contributed by atoms with E-state index in [-0.39, 0.29) is 0 Å². The first kappa shape index (κ1) is 13.0. The Morgan fingerprint density at radius 3 is 2.20 bits per heavy atom. The highest BCUT2D eigenvalue weighted by atomic mass is 15.2. The summed E-state index contributed by atoms with van der Waals surface area (Å²) >= 11 is 0. The van der Waals surface area contributed by atoms with Crippen molar-refractivity contribution in [1.29, 1.82) is 0 Å². The van der Waals surface area contributed by atoms with Gasteiger partial charge in [0.25, 0.3) is 0 Å². The molecule has 2 nitrogen and oxygen atoms in total. The van der Waals surface area contributed by atoms with Crippen LogP contribution in [0.15, 0.2) is 0 Å². The van der Waals surface area contributed by atoms with E-state index in [1.54, 1.807) is 0 Å². The Hall–Kier alpha value is -0.0800. The summed E-state index contributed by atoms with van der Waals surface area (Å²) in [5.74, 6) is 0.797. The lowest BCUT2D eigenvalue weighted by atomic mass is 10.1. The van der Waals surface area contributed by atoms with Gasteiger partial charge in [0.15, 0.2) is 0 Å². The van der Waals surface area contributed by atoms with Crippen LogP contribution in [0.25, 0.3) is 0 Å². The van der Waals surface area contributed by atoms with Gasteiger partial charge in [0, 0.05) is 25.2 Å². The highest BCUT2D eigenvalue weighted by Gasteiger charge is 2.23. The Kier molecular flexibility index (Phi) is 4.60. The van der Waals surface area contributed by atoms with Crippen LogP contribution in [0, 0.1) is 5.92 Å². The van der Waals surface area contributed by atoms with Gasteiger partial charge in [-0.25, -0.2) is 0 Å². The Morgan fingerprint density at radius 1 is 1.00 bits per heavy atom. The lowest BCUT2D eigenvalue weighted by molar-refractivity contribution is 0.139. The van der Waals surface area contributed by atoms with Crippen molar-refractivity contribution in [3.63, 3.8) is 0 Å². The average molecular weight is 212 g/mol. The summed E-state index contributed by atoms with van der Waals surface area (Å²) in [6, 6.07) is 0. The smallest absolute Gasteiger partial charge is 0.0125 e. The molecule has 90 valence electrons. The number of hydrogen-bond acceptors (Lipinski definition) is 2. The van der Waals surface area contributed by atoms with E-state index in [9.17, 15) is 0 Å². The van der Waals surface area contributed by atoms with Crippen molar-refractivity contribution >= 4 is 0 Å². The molecule has 0 bridgehead atoms. The van der Waals surface area contributed by atoms with Crippen LogP contribution >= 0.6 is 0 Å². The summed E-state index contributed by atoms with van der Waals surface area (Å²) in [7, 11) is 0. The molecule has 0 saturated carbocycles. The third-order valence-electron chi connectivity index (χ3n) is 3.16. The maximum absolute atomic E-state index is 2.62. The van der Waals surface area contributed by atoms with Crippen LogP contribution in [0.5, 0.6) is 0 Å². The summed E-state index contributed by atoms with van der Waals surface area (Å²) in [4.78, 5) is 5.24. The second-order valence-corrected chi connectivity index (χ2v) is 6.21. The Balaban J connectivity index is 2.42. The molecule has 0 unspecified atom stereocenters. The van der Waals surface area contributed by atoms with Gasteiger partial charge in [-0.05, 0) is 46.2 Å². The molecule has 0 amide bonds. The van der Waals surface area contributed by atoms with Crippen molar-refractivity contribution in [3.8, 4) is 0 Å². The van der Waals surface area contributed by atoms with E-state index in [1.807, 2.05) is 0 Å². The largest absolute Gasteiger partial charge is 0.302 e. The lowest BCUT2D eigenvalue weighted by Gasteiger charge is -2.34. The van der Waals surface area contributed by atoms with Gasteiger partial charge in [0.1, 0.15) is 0 Å². The topological polar surface area (TPSA) is 6.48 Å². The van der Waals surface area contributed by atoms with Gasteiger partial charge in [-0.3, -0.25) is 4.90 Å². The molecule has 1 aliphatic rings. The highest BCUT2D eigenvalue weighted by Crippen LogP contribution is 2.16. The first-order valence-electron chi connectivity index (χ1n) is 6.37. The van der Waals surface area contributed by atoms with E-state index < -0.39 is 0 Å². The van der Waals surface area contributed by atoms with Gasteiger partial charge >= 0.3 is 0 Å². The Morgan fingerprint density at radius 2 is 1.67 bits per heavy atom. The summed E-state index contributed by atoms with van der Waals surface area (Å²) in [6.45, 7) is 17.9. The van der Waals surface area contributed by atoms with Crippen LogP contribution in [0.3, 0.4) is 0 Å². The van der Waals surface area contributed by atoms with E-state index in [4.69, 9.17) is 0 Å². The standard InChI is InChI=1S/C13H28N2/c1-12(2)11-14-7-6-8-15(10-9-14)13(3,4)5/h12H,6-11H2,1-5H3. The molecular weight excluding hydrogens is 184 g/mol. The van der Waals surface area contributed by atoms with E-state index in [0.29, 0.717) is 5.54 Å². The second kappa shape index (κ2) is 5.31. The fraction of sp³-hybridized carbons (Fsp3) is 1.00. The molecule has 1 fully saturated rings. The SMILES string of the molecule is CC(C)CN1CCCN(C(C)(C)C)CC1. The fourth-order valence-corrected chi connectivity index (χ4v) is 2.34. The van der Waals surface area contributed by atoms with E-state index in [1.165, 1.54) is 39.1 Å². The molecule has 0 aromatic heterocycles. The van der Waals surface area contributed by atoms with Gasteiger partial charge in [-0.15, -0.1) is 0 Å². The van der Waals surface area contributed by atoms with Gasteiger partial charge in [-0.1, -0.05) is 13.8 Å². The lowest BCUT2D eigenvalue weighted by Crippen LogP contribution is -2.43. The first-order chi connectivity index (χ1) is 6.89. The van der Waals surface area contributed by atoms with Crippen LogP contribution in [0.4, 0.5) is 0 Å². The molecule has 15 heavy (non-hydrogen) atoms. The van der Waals surface area contributed by atoms with E-state index in [0.717, 1.165) is 5.92 Å². The summed E-state index contributed by atoms with van der Waals surface area (Å²) in [5, 5.41) is 0. The molecule has 1 aliphatic heterocycles. The molecule has 1 heterocycles. The molecule has 1 rings (SSSR count). The highest BCUT2D eigenvalue weighted by molar-refractivity contribution is 4.80. The Bertz CT molecular complexity index is 181. The van der Waals surface area contributed by atoms with Crippen LogP contribution in [-0.4, -0.2) is 48.1 Å². The molecule has 2 heteroatoms. The van der Waals surface area contributed by atoms with E-state index >= 15 is 0 Å². The van der Waals surface area contributed by atoms with Crippen LogP contribution in [-0.2, 0) is 0 Å². The molecule has 0 N–H and O–H groups in total.